The molecule has 2 aromatic rings. The Morgan fingerprint density at radius 3 is 2.37 bits per heavy atom. The number of nitrogens with two attached hydrogens (primary N) is 2. The van der Waals surface area contributed by atoms with Gasteiger partial charge in [-0.15, -0.1) is 0 Å². The van der Waals surface area contributed by atoms with Gasteiger partial charge in [0.25, 0.3) is 0 Å². The van der Waals surface area contributed by atoms with E-state index in [0.29, 0.717) is 27.0 Å². The number of halogens is 1. The molecule has 0 saturated carbocycles. The van der Waals surface area contributed by atoms with Crippen LogP contribution in [0, 0.1) is 0 Å². The molecule has 2 rings (SSSR count). The second kappa shape index (κ2) is 5.58. The van der Waals surface area contributed by atoms with Crippen LogP contribution in [0.3, 0.4) is 0 Å². The Morgan fingerprint density at radius 1 is 1.16 bits per heavy atom. The van der Waals surface area contributed by atoms with Crippen molar-refractivity contribution in [1.82, 2.24) is 19.9 Å². The zero-order chi connectivity index (χ0) is 14.0. The zero-order valence-corrected chi connectivity index (χ0v) is 12.0. The molecule has 0 fully saturated rings. The first-order valence-electron chi connectivity index (χ1n) is 5.55. The highest BCUT2D eigenvalue weighted by Gasteiger charge is 2.16. The third-order valence-corrected chi connectivity index (χ3v) is 3.49. The maximum atomic E-state index is 6.10. The van der Waals surface area contributed by atoms with E-state index >= 15 is 0 Å². The molecule has 0 atom stereocenters. The molecule has 0 aliphatic heterocycles. The van der Waals surface area contributed by atoms with Crippen molar-refractivity contribution in [1.29, 1.82) is 0 Å². The molecule has 0 amide bonds. The zero-order valence-electron chi connectivity index (χ0n) is 10.5. The Bertz CT molecular complexity index is 583. The summed E-state index contributed by atoms with van der Waals surface area (Å²) in [7, 11) is 0. The topological polar surface area (TPSA) is 104 Å². The summed E-state index contributed by atoms with van der Waals surface area (Å²) in [4.78, 5) is 16.4. The summed E-state index contributed by atoms with van der Waals surface area (Å²) in [6, 6.07) is 1.50. The second-order valence-corrected chi connectivity index (χ2v) is 5.45. The van der Waals surface area contributed by atoms with Crippen molar-refractivity contribution in [3.63, 3.8) is 0 Å². The summed E-state index contributed by atoms with van der Waals surface area (Å²) >= 11 is 7.37. The molecule has 0 bridgehead atoms. The largest absolute Gasteiger partial charge is 0.383 e. The summed E-state index contributed by atoms with van der Waals surface area (Å²) in [5.41, 5.74) is 12.1. The van der Waals surface area contributed by atoms with Crippen LogP contribution in [0.2, 0.25) is 5.15 Å². The van der Waals surface area contributed by atoms with Crippen LogP contribution in [0.1, 0.15) is 25.3 Å². The van der Waals surface area contributed by atoms with E-state index in [1.54, 1.807) is 0 Å². The highest BCUT2D eigenvalue weighted by Crippen LogP contribution is 2.34. The molecule has 0 aliphatic carbocycles. The van der Waals surface area contributed by atoms with E-state index in [1.807, 2.05) is 13.8 Å². The minimum atomic E-state index is 0.189. The Labute approximate surface area is 120 Å². The van der Waals surface area contributed by atoms with Crippen molar-refractivity contribution in [3.05, 3.63) is 23.1 Å². The fourth-order valence-corrected chi connectivity index (χ4v) is 2.94. The number of nitrogens with zero attached hydrogens (tertiary/aromatic N) is 4. The standard InChI is InChI=1S/C11H13ClN6S/c1-5(2)8-9(12)15-4-16-10(8)19-11-17-6(13)3-7(14)18-11/h3-5H,1-2H3,(H4,13,14,17,18). The van der Waals surface area contributed by atoms with Crippen molar-refractivity contribution < 1.29 is 0 Å². The van der Waals surface area contributed by atoms with Gasteiger partial charge in [0.1, 0.15) is 28.1 Å². The average molecular weight is 297 g/mol. The first-order valence-corrected chi connectivity index (χ1v) is 6.75. The van der Waals surface area contributed by atoms with Gasteiger partial charge < -0.3 is 11.5 Å². The predicted molar refractivity (Wildman–Crippen MR) is 76.1 cm³/mol. The monoisotopic (exact) mass is 296 g/mol. The van der Waals surface area contributed by atoms with Crippen LogP contribution in [-0.4, -0.2) is 19.9 Å². The van der Waals surface area contributed by atoms with Gasteiger partial charge in [-0.3, -0.25) is 0 Å². The minimum absolute atomic E-state index is 0.189. The Morgan fingerprint density at radius 2 is 1.79 bits per heavy atom. The second-order valence-electron chi connectivity index (χ2n) is 4.14. The van der Waals surface area contributed by atoms with E-state index in [1.165, 1.54) is 24.2 Å². The molecule has 0 unspecified atom stereocenters. The number of anilines is 2. The lowest BCUT2D eigenvalue weighted by atomic mass is 10.1. The van der Waals surface area contributed by atoms with E-state index in [-0.39, 0.29) is 5.92 Å². The normalized spacial score (nSPS) is 10.9. The van der Waals surface area contributed by atoms with E-state index in [0.717, 1.165) is 5.56 Å². The quantitative estimate of drug-likeness (QED) is 0.662. The molecule has 6 nitrogen and oxygen atoms in total. The molecule has 0 aliphatic rings. The first-order chi connectivity index (χ1) is 8.97. The molecule has 0 spiro atoms. The van der Waals surface area contributed by atoms with E-state index < -0.39 is 0 Å². The number of nitrogen functional groups attached to an aromatic ring is 2. The van der Waals surface area contributed by atoms with Gasteiger partial charge in [0, 0.05) is 11.6 Å². The third kappa shape index (κ3) is 3.24. The van der Waals surface area contributed by atoms with Gasteiger partial charge in [0.05, 0.1) is 0 Å². The van der Waals surface area contributed by atoms with Crippen molar-refractivity contribution in [3.8, 4) is 0 Å². The SMILES string of the molecule is CC(C)c1c(Cl)ncnc1Sc1nc(N)cc(N)n1. The number of rotatable bonds is 3. The smallest absolute Gasteiger partial charge is 0.197 e. The molecule has 19 heavy (non-hydrogen) atoms. The third-order valence-electron chi connectivity index (χ3n) is 2.31. The summed E-state index contributed by atoms with van der Waals surface area (Å²) in [6.07, 6.45) is 1.41. The van der Waals surface area contributed by atoms with Crippen LogP contribution in [0.4, 0.5) is 11.6 Å². The molecule has 0 saturated heterocycles. The molecule has 100 valence electrons. The predicted octanol–water partition coefficient (Wildman–Crippen LogP) is 2.36. The molecule has 8 heteroatoms. The van der Waals surface area contributed by atoms with Crippen LogP contribution in [0.15, 0.2) is 22.6 Å². The lowest BCUT2D eigenvalue weighted by Gasteiger charge is -2.11. The van der Waals surface area contributed by atoms with E-state index in [9.17, 15) is 0 Å². The van der Waals surface area contributed by atoms with Crippen LogP contribution in [0.25, 0.3) is 0 Å². The van der Waals surface area contributed by atoms with Gasteiger partial charge in [-0.1, -0.05) is 25.4 Å². The van der Waals surface area contributed by atoms with Gasteiger partial charge in [-0.05, 0) is 17.7 Å². The molecule has 2 aromatic heterocycles. The van der Waals surface area contributed by atoms with Crippen molar-refractivity contribution >= 4 is 35.0 Å². The summed E-state index contributed by atoms with van der Waals surface area (Å²) < 4.78 is 0. The molecule has 2 heterocycles. The first kappa shape index (κ1) is 13.8. The fraction of sp³-hybridized carbons (Fsp3) is 0.273. The van der Waals surface area contributed by atoms with Gasteiger partial charge in [-0.25, -0.2) is 19.9 Å². The lowest BCUT2D eigenvalue weighted by Crippen LogP contribution is -2.01. The van der Waals surface area contributed by atoms with Crippen molar-refractivity contribution in [2.24, 2.45) is 0 Å². The van der Waals surface area contributed by atoms with Gasteiger partial charge in [0.2, 0.25) is 0 Å². The number of hydrogen-bond donors (Lipinski definition) is 2. The molecular weight excluding hydrogens is 284 g/mol. The van der Waals surface area contributed by atoms with Gasteiger partial charge in [-0.2, -0.15) is 0 Å². The summed E-state index contributed by atoms with van der Waals surface area (Å²) in [5.74, 6) is 0.831. The highest BCUT2D eigenvalue weighted by atomic mass is 35.5. The Kier molecular flexibility index (Phi) is 4.06. The van der Waals surface area contributed by atoms with Crippen molar-refractivity contribution in [2.45, 2.75) is 29.9 Å². The minimum Gasteiger partial charge on any atom is -0.383 e. The molecule has 0 aromatic carbocycles. The maximum absolute atomic E-state index is 6.10. The summed E-state index contributed by atoms with van der Waals surface area (Å²) in [5, 5.41) is 1.58. The van der Waals surface area contributed by atoms with Crippen LogP contribution >= 0.6 is 23.4 Å². The van der Waals surface area contributed by atoms with Crippen LogP contribution in [0.5, 0.6) is 0 Å². The Hall–Kier alpha value is -1.60. The van der Waals surface area contributed by atoms with Crippen LogP contribution in [-0.2, 0) is 0 Å². The maximum Gasteiger partial charge on any atom is 0.197 e. The van der Waals surface area contributed by atoms with E-state index in [2.05, 4.69) is 19.9 Å². The lowest BCUT2D eigenvalue weighted by molar-refractivity contribution is 0.801. The molecule has 4 N–H and O–H groups in total. The summed E-state index contributed by atoms with van der Waals surface area (Å²) in [6.45, 7) is 4.03. The Balaban J connectivity index is 2.40. The van der Waals surface area contributed by atoms with E-state index in [4.69, 9.17) is 23.1 Å². The average Bonchev–Trinajstić information content (AvgIpc) is 2.26. The number of hydrogen-bond acceptors (Lipinski definition) is 7. The molecule has 0 radical (unpaired) electrons. The van der Waals surface area contributed by atoms with Crippen molar-refractivity contribution in [2.75, 3.05) is 11.5 Å². The fourth-order valence-electron chi connectivity index (χ4n) is 1.52. The van der Waals surface area contributed by atoms with Gasteiger partial charge >= 0.3 is 0 Å². The number of aromatic nitrogens is 4. The van der Waals surface area contributed by atoms with Crippen LogP contribution < -0.4 is 11.5 Å². The molecular formula is C11H13ClN6S. The van der Waals surface area contributed by atoms with Gasteiger partial charge in [0.15, 0.2) is 5.16 Å². The highest BCUT2D eigenvalue weighted by molar-refractivity contribution is 7.99.